The first-order valence-corrected chi connectivity index (χ1v) is 7.92. The largest absolute Gasteiger partial charge is 0.350 e. The van der Waals surface area contributed by atoms with E-state index in [0.717, 1.165) is 5.56 Å². The number of halogens is 1. The third-order valence-corrected chi connectivity index (χ3v) is 3.96. The van der Waals surface area contributed by atoms with E-state index >= 15 is 0 Å². The molecule has 0 spiro atoms. The molecule has 3 aromatic rings. The van der Waals surface area contributed by atoms with Crippen LogP contribution in [0.25, 0.3) is 0 Å². The highest BCUT2D eigenvalue weighted by atomic mass is 19.1. The molecule has 3 rings (SSSR count). The van der Waals surface area contributed by atoms with Gasteiger partial charge in [0.05, 0.1) is 0 Å². The molecule has 2 aromatic carbocycles. The zero-order chi connectivity index (χ0) is 17.6. The van der Waals surface area contributed by atoms with E-state index in [1.807, 2.05) is 30.3 Å². The van der Waals surface area contributed by atoms with Crippen molar-refractivity contribution in [1.29, 1.82) is 0 Å². The van der Waals surface area contributed by atoms with E-state index in [1.165, 1.54) is 17.1 Å². The van der Waals surface area contributed by atoms with Crippen LogP contribution in [0.5, 0.6) is 0 Å². The van der Waals surface area contributed by atoms with Gasteiger partial charge in [-0.15, -0.1) is 5.10 Å². The molecule has 1 heterocycles. The second kappa shape index (κ2) is 7.65. The maximum atomic E-state index is 13.6. The lowest BCUT2D eigenvalue weighted by atomic mass is 10.1. The van der Waals surface area contributed by atoms with Crippen LogP contribution in [0.2, 0.25) is 0 Å². The molecule has 1 amide bonds. The van der Waals surface area contributed by atoms with Crippen LogP contribution >= 0.6 is 0 Å². The number of tetrazole rings is 1. The molecular weight excluding hydrogens is 321 g/mol. The fourth-order valence-corrected chi connectivity index (χ4v) is 2.51. The molecule has 0 aliphatic heterocycles. The Morgan fingerprint density at radius 3 is 2.68 bits per heavy atom. The maximum Gasteiger partial charge on any atom is 0.245 e. The molecule has 0 radical (unpaired) electrons. The van der Waals surface area contributed by atoms with Gasteiger partial charge in [-0.1, -0.05) is 42.5 Å². The first-order chi connectivity index (χ1) is 12.1. The van der Waals surface area contributed by atoms with Gasteiger partial charge in [-0.05, 0) is 40.1 Å². The monoisotopic (exact) mass is 339 g/mol. The van der Waals surface area contributed by atoms with Crippen molar-refractivity contribution in [3.05, 3.63) is 77.4 Å². The average Bonchev–Trinajstić information content (AvgIpc) is 3.15. The number of aryl methyl sites for hydroxylation is 1. The predicted octanol–water partition coefficient (Wildman–Crippen LogP) is 2.22. The van der Waals surface area contributed by atoms with Gasteiger partial charge in [-0.25, -0.2) is 9.07 Å². The van der Waals surface area contributed by atoms with Crippen LogP contribution in [-0.2, 0) is 17.8 Å². The summed E-state index contributed by atoms with van der Waals surface area (Å²) in [5.74, 6) is -0.509. The van der Waals surface area contributed by atoms with Crippen LogP contribution in [-0.4, -0.2) is 26.1 Å². The van der Waals surface area contributed by atoms with Crippen LogP contribution in [0.1, 0.15) is 22.7 Å². The Hall–Kier alpha value is -3.09. The molecule has 0 bridgehead atoms. The molecule has 0 aliphatic carbocycles. The average molecular weight is 339 g/mol. The number of nitrogens with zero attached hydrogens (tertiary/aromatic N) is 4. The van der Waals surface area contributed by atoms with Crippen molar-refractivity contribution >= 4 is 5.91 Å². The molecule has 1 N–H and O–H groups in total. The highest BCUT2D eigenvalue weighted by Gasteiger charge is 2.22. The minimum absolute atomic E-state index is 0.225. The summed E-state index contributed by atoms with van der Waals surface area (Å²) in [6.45, 7) is 1.94. The van der Waals surface area contributed by atoms with Gasteiger partial charge >= 0.3 is 0 Å². The Bertz CT molecular complexity index is 836. The number of benzene rings is 2. The summed E-state index contributed by atoms with van der Waals surface area (Å²) >= 11 is 0. The molecule has 1 aromatic heterocycles. The Kier molecular flexibility index (Phi) is 5.13. The highest BCUT2D eigenvalue weighted by Crippen LogP contribution is 2.14. The predicted molar refractivity (Wildman–Crippen MR) is 90.0 cm³/mol. The zero-order valence-electron chi connectivity index (χ0n) is 13.8. The van der Waals surface area contributed by atoms with Crippen LogP contribution in [0.3, 0.4) is 0 Å². The number of carbonyl (C=O) groups excluding carboxylic acids is 1. The second-order valence-corrected chi connectivity index (χ2v) is 5.80. The van der Waals surface area contributed by atoms with E-state index in [0.29, 0.717) is 17.5 Å². The first kappa shape index (κ1) is 16.8. The Morgan fingerprint density at radius 1 is 1.20 bits per heavy atom. The van der Waals surface area contributed by atoms with E-state index in [-0.39, 0.29) is 18.3 Å². The standard InChI is InChI=1S/C18H18FN5O/c1-13-7-8-15(9-16(13)19)11-20-18(25)17(24-12-21-22-23-24)10-14-5-3-2-4-6-14/h2-9,12,17H,10-11H2,1H3,(H,20,25). The summed E-state index contributed by atoms with van der Waals surface area (Å²) in [6.07, 6.45) is 1.87. The van der Waals surface area contributed by atoms with Crippen LogP contribution in [0.4, 0.5) is 4.39 Å². The van der Waals surface area contributed by atoms with E-state index in [9.17, 15) is 9.18 Å². The van der Waals surface area contributed by atoms with E-state index < -0.39 is 6.04 Å². The topological polar surface area (TPSA) is 72.7 Å². The second-order valence-electron chi connectivity index (χ2n) is 5.80. The smallest absolute Gasteiger partial charge is 0.245 e. The van der Waals surface area contributed by atoms with Crippen LogP contribution in [0.15, 0.2) is 54.9 Å². The molecule has 0 saturated carbocycles. The SMILES string of the molecule is Cc1ccc(CNC(=O)C(Cc2ccccc2)n2cnnn2)cc1F. The number of amides is 1. The summed E-state index contributed by atoms with van der Waals surface area (Å²) in [4.78, 5) is 12.6. The van der Waals surface area contributed by atoms with Gasteiger partial charge in [0.1, 0.15) is 18.2 Å². The highest BCUT2D eigenvalue weighted by molar-refractivity contribution is 5.80. The van der Waals surface area contributed by atoms with Crippen LogP contribution < -0.4 is 5.32 Å². The zero-order valence-corrected chi connectivity index (χ0v) is 13.8. The molecule has 25 heavy (non-hydrogen) atoms. The van der Waals surface area contributed by atoms with Crippen molar-refractivity contribution in [2.24, 2.45) is 0 Å². The number of rotatable bonds is 6. The fraction of sp³-hybridized carbons (Fsp3) is 0.222. The molecule has 0 aliphatic rings. The van der Waals surface area contributed by atoms with Gasteiger partial charge in [0.15, 0.2) is 0 Å². The molecule has 6 nitrogen and oxygen atoms in total. The van der Waals surface area contributed by atoms with Crippen molar-refractivity contribution in [2.45, 2.75) is 25.9 Å². The van der Waals surface area contributed by atoms with Gasteiger partial charge in [0.2, 0.25) is 5.91 Å². The van der Waals surface area contributed by atoms with E-state index in [2.05, 4.69) is 20.8 Å². The molecule has 0 saturated heterocycles. The molecule has 0 fully saturated rings. The quantitative estimate of drug-likeness (QED) is 0.747. The summed E-state index contributed by atoms with van der Waals surface area (Å²) in [5.41, 5.74) is 2.27. The third-order valence-electron chi connectivity index (χ3n) is 3.96. The molecule has 1 atom stereocenters. The van der Waals surface area contributed by atoms with Crippen molar-refractivity contribution in [3.8, 4) is 0 Å². The van der Waals surface area contributed by atoms with Crippen molar-refractivity contribution in [3.63, 3.8) is 0 Å². The van der Waals surface area contributed by atoms with Gasteiger partial charge in [0.25, 0.3) is 0 Å². The molecule has 128 valence electrons. The lowest BCUT2D eigenvalue weighted by Gasteiger charge is -2.16. The fourth-order valence-electron chi connectivity index (χ4n) is 2.51. The molecular formula is C18H18FN5O. The van der Waals surface area contributed by atoms with Gasteiger partial charge in [-0.2, -0.15) is 0 Å². The Morgan fingerprint density at radius 2 is 2.00 bits per heavy atom. The van der Waals surface area contributed by atoms with Gasteiger partial charge < -0.3 is 5.32 Å². The minimum atomic E-state index is -0.576. The number of hydrogen-bond acceptors (Lipinski definition) is 4. The number of carbonyl (C=O) groups is 1. The van der Waals surface area contributed by atoms with Crippen molar-refractivity contribution in [2.75, 3.05) is 0 Å². The Labute approximate surface area is 144 Å². The molecule has 1 unspecified atom stereocenters. The Balaban J connectivity index is 1.71. The van der Waals surface area contributed by atoms with Crippen molar-refractivity contribution in [1.82, 2.24) is 25.5 Å². The number of hydrogen-bond donors (Lipinski definition) is 1. The van der Waals surface area contributed by atoms with Crippen LogP contribution in [0, 0.1) is 12.7 Å². The minimum Gasteiger partial charge on any atom is -0.350 e. The summed E-state index contributed by atoms with van der Waals surface area (Å²) in [5, 5.41) is 13.9. The van der Waals surface area contributed by atoms with Gasteiger partial charge in [-0.3, -0.25) is 4.79 Å². The number of nitrogens with one attached hydrogen (secondary N) is 1. The number of aromatic nitrogens is 4. The lowest BCUT2D eigenvalue weighted by Crippen LogP contribution is -2.34. The van der Waals surface area contributed by atoms with Crippen molar-refractivity contribution < 1.29 is 9.18 Å². The summed E-state index contributed by atoms with van der Waals surface area (Å²) in [6, 6.07) is 14.0. The normalized spacial score (nSPS) is 11.9. The first-order valence-electron chi connectivity index (χ1n) is 7.92. The van der Waals surface area contributed by atoms with Gasteiger partial charge in [0, 0.05) is 13.0 Å². The maximum absolute atomic E-state index is 13.6. The third kappa shape index (κ3) is 4.26. The molecule has 7 heteroatoms. The van der Waals surface area contributed by atoms with E-state index in [1.54, 1.807) is 19.1 Å². The lowest BCUT2D eigenvalue weighted by molar-refractivity contribution is -0.124. The van der Waals surface area contributed by atoms with E-state index in [4.69, 9.17) is 0 Å². The summed E-state index contributed by atoms with van der Waals surface area (Å²) in [7, 11) is 0. The summed E-state index contributed by atoms with van der Waals surface area (Å²) < 4.78 is 15.1.